The molecule has 128 valence electrons. The van der Waals surface area contributed by atoms with E-state index in [1.54, 1.807) is 0 Å². The van der Waals surface area contributed by atoms with Crippen molar-refractivity contribution in [3.63, 3.8) is 0 Å². The molecule has 0 amide bonds. The molecule has 0 N–H and O–H groups in total. The van der Waals surface area contributed by atoms with Crippen LogP contribution in [0.25, 0.3) is 5.69 Å². The van der Waals surface area contributed by atoms with Crippen molar-refractivity contribution in [2.24, 2.45) is 0 Å². The van der Waals surface area contributed by atoms with Gasteiger partial charge >= 0.3 is 0 Å². The number of ether oxygens (including phenoxy) is 1. The van der Waals surface area contributed by atoms with Crippen molar-refractivity contribution in [2.75, 3.05) is 0 Å². The summed E-state index contributed by atoms with van der Waals surface area (Å²) in [6.07, 6.45) is 1.38. The monoisotopic (exact) mass is 454 g/mol. The molecule has 1 heterocycles. The van der Waals surface area contributed by atoms with Crippen LogP contribution in [-0.2, 0) is 6.61 Å². The lowest BCUT2D eigenvalue weighted by atomic mass is 10.2. The van der Waals surface area contributed by atoms with E-state index < -0.39 is 11.6 Å². The Morgan fingerprint density at radius 2 is 1.96 bits per heavy atom. The minimum Gasteiger partial charge on any atom is -0.472 e. The van der Waals surface area contributed by atoms with Crippen LogP contribution in [-0.4, -0.2) is 9.55 Å². The first-order valence-corrected chi connectivity index (χ1v) is 8.45. The first kappa shape index (κ1) is 17.5. The lowest BCUT2D eigenvalue weighted by Crippen LogP contribution is -2.23. The van der Waals surface area contributed by atoms with Gasteiger partial charge in [-0.05, 0) is 53.3 Å². The standard InChI is InChI=1S/C18H13F2IN2O2/c1-11-4-2-3-5-15(11)23-10-22-17(16(21)18(23)24)25-9-12-6-7-13(19)8-14(12)20/h2-8,10H,9H2,1H3. The highest BCUT2D eigenvalue weighted by Gasteiger charge is 2.13. The molecule has 2 aromatic carbocycles. The first-order valence-electron chi connectivity index (χ1n) is 7.37. The van der Waals surface area contributed by atoms with E-state index >= 15 is 0 Å². The fourth-order valence-corrected chi connectivity index (χ4v) is 2.86. The zero-order valence-electron chi connectivity index (χ0n) is 13.2. The van der Waals surface area contributed by atoms with Gasteiger partial charge in [0.15, 0.2) is 0 Å². The number of hydrogen-bond acceptors (Lipinski definition) is 3. The molecular weight excluding hydrogens is 441 g/mol. The molecule has 4 nitrogen and oxygen atoms in total. The predicted molar refractivity (Wildman–Crippen MR) is 98.0 cm³/mol. The Kier molecular flexibility index (Phi) is 5.12. The first-order chi connectivity index (χ1) is 12.0. The number of halogens is 3. The Morgan fingerprint density at radius 1 is 1.20 bits per heavy atom. The second-order valence-electron chi connectivity index (χ2n) is 5.35. The number of para-hydroxylation sites is 1. The number of hydrogen-bond donors (Lipinski definition) is 0. The Labute approximate surface area is 156 Å². The molecule has 0 radical (unpaired) electrons. The largest absolute Gasteiger partial charge is 0.472 e. The minimum absolute atomic E-state index is 0.110. The molecule has 0 aliphatic rings. The van der Waals surface area contributed by atoms with Crippen molar-refractivity contribution in [2.45, 2.75) is 13.5 Å². The van der Waals surface area contributed by atoms with Gasteiger partial charge in [0.25, 0.3) is 5.56 Å². The molecular formula is C18H13F2IN2O2. The molecule has 1 aromatic heterocycles. The minimum atomic E-state index is -0.705. The van der Waals surface area contributed by atoms with Crippen LogP contribution >= 0.6 is 22.6 Å². The molecule has 0 aliphatic heterocycles. The molecule has 7 heteroatoms. The molecule has 0 spiro atoms. The lowest BCUT2D eigenvalue weighted by Gasteiger charge is -2.12. The summed E-state index contributed by atoms with van der Waals surface area (Å²) in [6, 6.07) is 10.7. The Bertz CT molecular complexity index is 989. The third-order valence-electron chi connectivity index (χ3n) is 3.64. The molecule has 3 rings (SSSR count). The maximum atomic E-state index is 13.7. The maximum absolute atomic E-state index is 13.7. The van der Waals surface area contributed by atoms with Gasteiger partial charge in [0.05, 0.1) is 5.69 Å². The zero-order chi connectivity index (χ0) is 18.0. The van der Waals surface area contributed by atoms with Crippen LogP contribution in [0.3, 0.4) is 0 Å². The van der Waals surface area contributed by atoms with E-state index in [1.807, 2.05) is 53.8 Å². The van der Waals surface area contributed by atoms with Crippen LogP contribution in [0.2, 0.25) is 0 Å². The molecule has 0 atom stereocenters. The normalized spacial score (nSPS) is 10.7. The fourth-order valence-electron chi connectivity index (χ4n) is 2.31. The van der Waals surface area contributed by atoms with Crippen molar-refractivity contribution in [3.05, 3.63) is 85.5 Å². The van der Waals surface area contributed by atoms with Gasteiger partial charge in [-0.1, -0.05) is 18.2 Å². The van der Waals surface area contributed by atoms with Gasteiger partial charge in [0, 0.05) is 11.6 Å². The van der Waals surface area contributed by atoms with Crippen LogP contribution in [0.4, 0.5) is 8.78 Å². The summed E-state index contributed by atoms with van der Waals surface area (Å²) in [5.74, 6) is -1.25. The highest BCUT2D eigenvalue weighted by molar-refractivity contribution is 14.1. The third kappa shape index (κ3) is 3.71. The molecule has 0 saturated carbocycles. The van der Waals surface area contributed by atoms with Gasteiger partial charge in [-0.15, -0.1) is 0 Å². The van der Waals surface area contributed by atoms with Crippen molar-refractivity contribution < 1.29 is 13.5 Å². The molecule has 0 saturated heterocycles. The predicted octanol–water partition coefficient (Wildman–Crippen LogP) is 4.00. The van der Waals surface area contributed by atoms with Gasteiger partial charge in [-0.3, -0.25) is 9.36 Å². The van der Waals surface area contributed by atoms with Crippen molar-refractivity contribution in [3.8, 4) is 11.6 Å². The van der Waals surface area contributed by atoms with E-state index in [9.17, 15) is 13.6 Å². The maximum Gasteiger partial charge on any atom is 0.275 e. The highest BCUT2D eigenvalue weighted by atomic mass is 127. The topological polar surface area (TPSA) is 44.1 Å². The van der Waals surface area contributed by atoms with Crippen LogP contribution in [0, 0.1) is 22.1 Å². The third-order valence-corrected chi connectivity index (χ3v) is 4.56. The van der Waals surface area contributed by atoms with E-state index in [2.05, 4.69) is 4.98 Å². The average molecular weight is 454 g/mol. The second-order valence-corrected chi connectivity index (χ2v) is 6.43. The summed E-state index contributed by atoms with van der Waals surface area (Å²) in [6.45, 7) is 1.75. The Balaban J connectivity index is 1.88. The number of aryl methyl sites for hydroxylation is 1. The molecule has 0 aliphatic carbocycles. The average Bonchev–Trinajstić information content (AvgIpc) is 2.58. The van der Waals surface area contributed by atoms with Gasteiger partial charge in [-0.2, -0.15) is 0 Å². The fraction of sp³-hybridized carbons (Fsp3) is 0.111. The van der Waals surface area contributed by atoms with Crippen LogP contribution in [0.15, 0.2) is 53.6 Å². The Morgan fingerprint density at radius 3 is 2.68 bits per heavy atom. The van der Waals surface area contributed by atoms with E-state index in [4.69, 9.17) is 4.74 Å². The SMILES string of the molecule is Cc1ccccc1-n1cnc(OCc2ccc(F)cc2F)c(I)c1=O. The quantitative estimate of drug-likeness (QED) is 0.560. The molecule has 0 bridgehead atoms. The second kappa shape index (κ2) is 7.30. The summed E-state index contributed by atoms with van der Waals surface area (Å²) in [5.41, 5.74) is 1.57. The summed E-state index contributed by atoms with van der Waals surface area (Å²) in [5, 5.41) is 0. The van der Waals surface area contributed by atoms with Crippen molar-refractivity contribution in [1.29, 1.82) is 0 Å². The smallest absolute Gasteiger partial charge is 0.275 e. The van der Waals surface area contributed by atoms with Crippen molar-refractivity contribution in [1.82, 2.24) is 9.55 Å². The van der Waals surface area contributed by atoms with Crippen LogP contribution < -0.4 is 10.3 Å². The van der Waals surface area contributed by atoms with E-state index in [0.717, 1.165) is 23.4 Å². The van der Waals surface area contributed by atoms with Gasteiger partial charge < -0.3 is 4.74 Å². The van der Waals surface area contributed by atoms with Gasteiger partial charge in [-0.25, -0.2) is 13.8 Å². The summed E-state index contributed by atoms with van der Waals surface area (Å²) >= 11 is 1.85. The highest BCUT2D eigenvalue weighted by Crippen LogP contribution is 2.18. The van der Waals surface area contributed by atoms with E-state index in [-0.39, 0.29) is 27.2 Å². The molecule has 0 fully saturated rings. The number of rotatable bonds is 4. The number of benzene rings is 2. The summed E-state index contributed by atoms with van der Waals surface area (Å²) in [7, 11) is 0. The Hall–Kier alpha value is -2.29. The zero-order valence-corrected chi connectivity index (χ0v) is 15.3. The van der Waals surface area contributed by atoms with Gasteiger partial charge in [0.1, 0.15) is 28.1 Å². The molecule has 25 heavy (non-hydrogen) atoms. The molecule has 0 unspecified atom stereocenters. The lowest BCUT2D eigenvalue weighted by molar-refractivity contribution is 0.283. The number of nitrogens with zero attached hydrogens (tertiary/aromatic N) is 2. The molecule has 3 aromatic rings. The number of aromatic nitrogens is 2. The van der Waals surface area contributed by atoms with E-state index in [1.165, 1.54) is 17.0 Å². The van der Waals surface area contributed by atoms with Crippen LogP contribution in [0.5, 0.6) is 5.88 Å². The summed E-state index contributed by atoms with van der Waals surface area (Å²) in [4.78, 5) is 16.7. The van der Waals surface area contributed by atoms with Gasteiger partial charge in [0.2, 0.25) is 5.88 Å². The van der Waals surface area contributed by atoms with Crippen molar-refractivity contribution >= 4 is 22.6 Å². The summed E-state index contributed by atoms with van der Waals surface area (Å²) < 4.78 is 33.7. The van der Waals surface area contributed by atoms with Crippen LogP contribution in [0.1, 0.15) is 11.1 Å². The van der Waals surface area contributed by atoms with E-state index in [0.29, 0.717) is 0 Å².